The van der Waals surface area contributed by atoms with Gasteiger partial charge >= 0.3 is 0 Å². The molecule has 94 valence electrons. The molecule has 0 bridgehead atoms. The molecule has 1 aliphatic rings. The van der Waals surface area contributed by atoms with E-state index in [1.807, 2.05) is 0 Å². The zero-order valence-corrected chi connectivity index (χ0v) is 12.2. The molecule has 0 saturated heterocycles. The minimum absolute atomic E-state index is 0.0728. The van der Waals surface area contributed by atoms with Crippen LogP contribution in [0, 0.1) is 0 Å². The van der Waals surface area contributed by atoms with Gasteiger partial charge in [-0.3, -0.25) is 10.1 Å². The maximum atomic E-state index is 11.5. The first-order valence-corrected chi connectivity index (χ1v) is 7.68. The molecule has 1 amide bonds. The number of amides is 1. The van der Waals surface area contributed by atoms with Crippen molar-refractivity contribution in [2.75, 3.05) is 5.32 Å². The lowest BCUT2D eigenvalue weighted by Gasteiger charge is -2.18. The number of hydrogen-bond acceptors (Lipinski definition) is 4. The van der Waals surface area contributed by atoms with Gasteiger partial charge in [0.05, 0.1) is 4.83 Å². The Morgan fingerprint density at radius 1 is 1.41 bits per heavy atom. The molecule has 4 nitrogen and oxygen atoms in total. The standard InChI is InChI=1S/C11H16BrN3OS/c1-7(12)9(16)13-11-15-14-10(17-11)8-5-3-2-4-6-8/h7-8H,2-6H2,1H3,(H,13,15,16)/t7-/m0/s1. The fourth-order valence-electron chi connectivity index (χ4n) is 2.00. The third-order valence-corrected chi connectivity index (χ3v) is 4.40. The fourth-order valence-corrected chi connectivity index (χ4v) is 3.03. The molecule has 1 aromatic heterocycles. The summed E-state index contributed by atoms with van der Waals surface area (Å²) in [5.74, 6) is 0.477. The Morgan fingerprint density at radius 3 is 2.76 bits per heavy atom. The van der Waals surface area contributed by atoms with Crippen LogP contribution in [-0.2, 0) is 4.79 Å². The molecule has 1 saturated carbocycles. The Bertz CT molecular complexity index is 388. The Morgan fingerprint density at radius 2 is 2.12 bits per heavy atom. The van der Waals surface area contributed by atoms with Crippen LogP contribution in [0.4, 0.5) is 5.13 Å². The highest BCUT2D eigenvalue weighted by atomic mass is 79.9. The molecular formula is C11H16BrN3OS. The van der Waals surface area contributed by atoms with Crippen molar-refractivity contribution in [3.05, 3.63) is 5.01 Å². The number of hydrogen-bond donors (Lipinski definition) is 1. The summed E-state index contributed by atoms with van der Waals surface area (Å²) < 4.78 is 0. The molecule has 6 heteroatoms. The maximum Gasteiger partial charge on any atom is 0.239 e. The number of aromatic nitrogens is 2. The second-order valence-electron chi connectivity index (χ2n) is 4.39. The van der Waals surface area contributed by atoms with Gasteiger partial charge in [0, 0.05) is 5.92 Å². The first-order chi connectivity index (χ1) is 8.16. The zero-order valence-electron chi connectivity index (χ0n) is 9.78. The summed E-state index contributed by atoms with van der Waals surface area (Å²) in [6.07, 6.45) is 6.31. The van der Waals surface area contributed by atoms with Crippen LogP contribution < -0.4 is 5.32 Å². The molecule has 1 N–H and O–H groups in total. The number of carbonyl (C=O) groups excluding carboxylic acids is 1. The van der Waals surface area contributed by atoms with E-state index in [1.54, 1.807) is 6.92 Å². The SMILES string of the molecule is C[C@H](Br)C(=O)Nc1nnc(C2CCCCC2)s1. The Balaban J connectivity index is 1.97. The molecular weight excluding hydrogens is 302 g/mol. The first kappa shape index (κ1) is 13.0. The maximum absolute atomic E-state index is 11.5. The van der Waals surface area contributed by atoms with E-state index >= 15 is 0 Å². The van der Waals surface area contributed by atoms with Crippen molar-refractivity contribution in [1.82, 2.24) is 10.2 Å². The first-order valence-electron chi connectivity index (χ1n) is 5.95. The van der Waals surface area contributed by atoms with Crippen LogP contribution in [-0.4, -0.2) is 20.9 Å². The van der Waals surface area contributed by atoms with Crippen LogP contribution in [0.5, 0.6) is 0 Å². The molecule has 0 spiro atoms. The van der Waals surface area contributed by atoms with Crippen LogP contribution in [0.3, 0.4) is 0 Å². The summed E-state index contributed by atoms with van der Waals surface area (Å²) in [5, 5.41) is 12.7. The molecule has 1 fully saturated rings. The van der Waals surface area contributed by atoms with Crippen LogP contribution in [0.25, 0.3) is 0 Å². The van der Waals surface area contributed by atoms with Crippen molar-refractivity contribution in [3.63, 3.8) is 0 Å². The van der Waals surface area contributed by atoms with Gasteiger partial charge in [0.25, 0.3) is 0 Å². The number of alkyl halides is 1. The third kappa shape index (κ3) is 3.48. The monoisotopic (exact) mass is 317 g/mol. The van der Waals surface area contributed by atoms with Crippen molar-refractivity contribution in [2.45, 2.75) is 49.8 Å². The van der Waals surface area contributed by atoms with Crippen molar-refractivity contribution in [1.29, 1.82) is 0 Å². The normalized spacial score (nSPS) is 18.9. The van der Waals surface area contributed by atoms with Crippen LogP contribution in [0.2, 0.25) is 0 Å². The van der Waals surface area contributed by atoms with Crippen molar-refractivity contribution >= 4 is 38.3 Å². The van der Waals surface area contributed by atoms with E-state index in [0.717, 1.165) is 5.01 Å². The highest BCUT2D eigenvalue weighted by Gasteiger charge is 2.20. The van der Waals surface area contributed by atoms with Gasteiger partial charge in [-0.1, -0.05) is 46.5 Å². The highest BCUT2D eigenvalue weighted by molar-refractivity contribution is 9.10. The average Bonchev–Trinajstić information content (AvgIpc) is 2.78. The lowest BCUT2D eigenvalue weighted by Crippen LogP contribution is -2.19. The summed E-state index contributed by atoms with van der Waals surface area (Å²) in [4.78, 5) is 11.3. The van der Waals surface area contributed by atoms with Gasteiger partial charge in [0.15, 0.2) is 0 Å². The molecule has 0 unspecified atom stereocenters. The van der Waals surface area contributed by atoms with E-state index in [9.17, 15) is 4.79 Å². The van der Waals surface area contributed by atoms with Crippen molar-refractivity contribution in [3.8, 4) is 0 Å². The highest BCUT2D eigenvalue weighted by Crippen LogP contribution is 2.35. The fraction of sp³-hybridized carbons (Fsp3) is 0.727. The zero-order chi connectivity index (χ0) is 12.3. The number of nitrogens with zero attached hydrogens (tertiary/aromatic N) is 2. The Labute approximate surface area is 113 Å². The van der Waals surface area contributed by atoms with Crippen LogP contribution in [0.1, 0.15) is 50.0 Å². The van der Waals surface area contributed by atoms with E-state index in [4.69, 9.17) is 0 Å². The van der Waals surface area contributed by atoms with Crippen molar-refractivity contribution < 1.29 is 4.79 Å². The van der Waals surface area contributed by atoms with Gasteiger partial charge in [-0.15, -0.1) is 10.2 Å². The minimum atomic E-state index is -0.204. The van der Waals surface area contributed by atoms with E-state index in [1.165, 1.54) is 43.4 Å². The van der Waals surface area contributed by atoms with Gasteiger partial charge in [0.1, 0.15) is 5.01 Å². The van der Waals surface area contributed by atoms with E-state index in [0.29, 0.717) is 11.0 Å². The van der Waals surface area contributed by atoms with E-state index in [-0.39, 0.29) is 10.7 Å². The Hall–Kier alpha value is -0.490. The molecule has 1 heterocycles. The second-order valence-corrected chi connectivity index (χ2v) is 6.77. The number of anilines is 1. The van der Waals surface area contributed by atoms with Gasteiger partial charge in [0.2, 0.25) is 11.0 Å². The summed E-state index contributed by atoms with van der Waals surface area (Å²) in [6, 6.07) is 0. The van der Waals surface area contributed by atoms with Gasteiger partial charge < -0.3 is 0 Å². The van der Waals surface area contributed by atoms with Crippen LogP contribution in [0.15, 0.2) is 0 Å². The molecule has 0 aliphatic heterocycles. The summed E-state index contributed by atoms with van der Waals surface area (Å²) in [5.41, 5.74) is 0. The van der Waals surface area contributed by atoms with E-state index in [2.05, 4.69) is 31.4 Å². The largest absolute Gasteiger partial charge is 0.300 e. The molecule has 1 atom stereocenters. The summed E-state index contributed by atoms with van der Waals surface area (Å²) in [7, 11) is 0. The quantitative estimate of drug-likeness (QED) is 0.870. The van der Waals surface area contributed by atoms with Crippen molar-refractivity contribution in [2.24, 2.45) is 0 Å². The topological polar surface area (TPSA) is 54.9 Å². The second kappa shape index (κ2) is 5.91. The number of carbonyl (C=O) groups is 1. The predicted molar refractivity (Wildman–Crippen MR) is 72.8 cm³/mol. The Kier molecular flexibility index (Phi) is 4.50. The van der Waals surface area contributed by atoms with Gasteiger partial charge in [-0.05, 0) is 19.8 Å². The van der Waals surface area contributed by atoms with E-state index < -0.39 is 0 Å². The third-order valence-electron chi connectivity index (χ3n) is 2.99. The molecule has 0 aromatic carbocycles. The number of halogens is 1. The summed E-state index contributed by atoms with van der Waals surface area (Å²) in [6.45, 7) is 1.79. The molecule has 1 aromatic rings. The van der Waals surface area contributed by atoms with Crippen LogP contribution >= 0.6 is 27.3 Å². The number of rotatable bonds is 3. The van der Waals surface area contributed by atoms with Gasteiger partial charge in [-0.25, -0.2) is 0 Å². The molecule has 17 heavy (non-hydrogen) atoms. The smallest absolute Gasteiger partial charge is 0.239 e. The number of nitrogens with one attached hydrogen (secondary N) is 1. The molecule has 1 aliphatic carbocycles. The predicted octanol–water partition coefficient (Wildman–Crippen LogP) is 3.31. The average molecular weight is 318 g/mol. The molecule has 2 rings (SSSR count). The molecule has 0 radical (unpaired) electrons. The van der Waals surface area contributed by atoms with Gasteiger partial charge in [-0.2, -0.15) is 0 Å². The minimum Gasteiger partial charge on any atom is -0.300 e. The lowest BCUT2D eigenvalue weighted by molar-refractivity contribution is -0.115. The summed E-state index contributed by atoms with van der Waals surface area (Å²) >= 11 is 4.74. The lowest BCUT2D eigenvalue weighted by atomic mass is 9.90.